The Kier molecular flexibility index (Phi) is 10.1. The number of aryl methyl sites for hydroxylation is 1. The van der Waals surface area contributed by atoms with Crippen LogP contribution in [0.2, 0.25) is 0 Å². The molecular weight excluding hydrogens is 466 g/mol. The molecule has 1 saturated carbocycles. The molecule has 0 amide bonds. The van der Waals surface area contributed by atoms with Crippen LogP contribution in [0.5, 0.6) is 11.5 Å². The zero-order valence-corrected chi connectivity index (χ0v) is 23.2. The fourth-order valence-electron chi connectivity index (χ4n) is 4.93. The van der Waals surface area contributed by atoms with Gasteiger partial charge in [0.1, 0.15) is 5.75 Å². The van der Waals surface area contributed by atoms with Crippen molar-refractivity contribution in [2.45, 2.75) is 92.4 Å². The number of unbranched alkanes of at least 4 members (excludes halogenated alkanes) is 2. The van der Waals surface area contributed by atoms with Gasteiger partial charge in [0.25, 0.3) is 0 Å². The van der Waals surface area contributed by atoms with E-state index in [1.165, 1.54) is 25.7 Å². The summed E-state index contributed by atoms with van der Waals surface area (Å²) in [6, 6.07) is 10.6. The van der Waals surface area contributed by atoms with Crippen molar-refractivity contribution < 1.29 is 19.2 Å². The van der Waals surface area contributed by atoms with Gasteiger partial charge in [0.2, 0.25) is 0 Å². The second-order valence-electron chi connectivity index (χ2n) is 11.7. The molecule has 2 aromatic rings. The Morgan fingerprint density at radius 1 is 1.00 bits per heavy atom. The van der Waals surface area contributed by atoms with Crippen LogP contribution in [0.3, 0.4) is 0 Å². The molecule has 0 saturated heterocycles. The van der Waals surface area contributed by atoms with Gasteiger partial charge in [-0.2, -0.15) is 0 Å². The Morgan fingerprint density at radius 2 is 1.65 bits per heavy atom. The van der Waals surface area contributed by atoms with Crippen LogP contribution in [0.1, 0.15) is 91.0 Å². The van der Waals surface area contributed by atoms with Gasteiger partial charge in [-0.15, -0.1) is 0 Å². The summed E-state index contributed by atoms with van der Waals surface area (Å²) >= 11 is 0. The van der Waals surface area contributed by atoms with Crippen LogP contribution in [-0.2, 0) is 4.79 Å². The SMILES string of the molecule is CCCCCC1CCC(C(=O)Oc2ccc(-c3ccc(OCCC(C)(C)C)c([N+](=O)[O-])c3)cc2C)CC1. The monoisotopic (exact) mass is 509 g/mol. The number of esters is 1. The first-order chi connectivity index (χ1) is 17.6. The largest absolute Gasteiger partial charge is 0.487 e. The third-order valence-electron chi connectivity index (χ3n) is 7.38. The molecule has 202 valence electrons. The van der Waals surface area contributed by atoms with Crippen LogP contribution in [0, 0.1) is 34.3 Å². The highest BCUT2D eigenvalue weighted by atomic mass is 16.6. The first-order valence-corrected chi connectivity index (χ1v) is 13.8. The standard InChI is InChI=1S/C31H43NO5/c1-6-7-8-9-23-10-12-24(13-11-23)30(33)37-28-16-14-25(20-22(28)2)26-15-17-29(27(21-26)32(34)35)36-19-18-31(3,4)5/h14-17,20-21,23-24H,6-13,18-19H2,1-5H3. The fourth-order valence-corrected chi connectivity index (χ4v) is 4.93. The zero-order valence-electron chi connectivity index (χ0n) is 23.2. The number of hydrogen-bond donors (Lipinski definition) is 0. The van der Waals surface area contributed by atoms with E-state index in [2.05, 4.69) is 27.7 Å². The lowest BCUT2D eigenvalue weighted by Gasteiger charge is -2.27. The predicted octanol–water partition coefficient (Wildman–Crippen LogP) is 8.68. The molecule has 0 heterocycles. The number of nitrogens with zero attached hydrogens (tertiary/aromatic N) is 1. The van der Waals surface area contributed by atoms with Crippen molar-refractivity contribution in [3.8, 4) is 22.6 Å². The van der Waals surface area contributed by atoms with Gasteiger partial charge in [0.15, 0.2) is 5.75 Å². The Balaban J connectivity index is 1.63. The van der Waals surface area contributed by atoms with Crippen LogP contribution >= 0.6 is 0 Å². The first kappa shape index (κ1) is 28.7. The number of benzene rings is 2. The second-order valence-corrected chi connectivity index (χ2v) is 11.7. The quantitative estimate of drug-likeness (QED) is 0.0995. The highest BCUT2D eigenvalue weighted by molar-refractivity contribution is 5.76. The summed E-state index contributed by atoms with van der Waals surface area (Å²) in [7, 11) is 0. The third-order valence-corrected chi connectivity index (χ3v) is 7.38. The van der Waals surface area contributed by atoms with Gasteiger partial charge < -0.3 is 9.47 Å². The number of carbonyl (C=O) groups excluding carboxylic acids is 1. The van der Waals surface area contributed by atoms with Gasteiger partial charge in [-0.25, -0.2) is 0 Å². The maximum absolute atomic E-state index is 12.8. The summed E-state index contributed by atoms with van der Waals surface area (Å²) in [5.74, 6) is 1.40. The first-order valence-electron chi connectivity index (χ1n) is 13.8. The molecule has 2 aromatic carbocycles. The van der Waals surface area contributed by atoms with E-state index in [0.717, 1.165) is 54.7 Å². The topological polar surface area (TPSA) is 78.7 Å². The molecule has 1 aliphatic carbocycles. The maximum Gasteiger partial charge on any atom is 0.314 e. The van der Waals surface area contributed by atoms with Gasteiger partial charge in [0.05, 0.1) is 17.4 Å². The molecule has 0 bridgehead atoms. The minimum absolute atomic E-state index is 0.0324. The molecule has 3 rings (SSSR count). The van der Waals surface area contributed by atoms with E-state index in [1.54, 1.807) is 18.2 Å². The van der Waals surface area contributed by atoms with Gasteiger partial charge in [-0.1, -0.05) is 65.5 Å². The highest BCUT2D eigenvalue weighted by Gasteiger charge is 2.28. The molecule has 1 aliphatic rings. The second kappa shape index (κ2) is 13.1. The molecule has 0 atom stereocenters. The van der Waals surface area contributed by atoms with Crippen molar-refractivity contribution in [1.29, 1.82) is 0 Å². The van der Waals surface area contributed by atoms with E-state index in [9.17, 15) is 14.9 Å². The lowest BCUT2D eigenvalue weighted by Crippen LogP contribution is -2.26. The predicted molar refractivity (Wildman–Crippen MR) is 148 cm³/mol. The van der Waals surface area contributed by atoms with Crippen molar-refractivity contribution in [2.75, 3.05) is 6.61 Å². The normalized spacial score (nSPS) is 17.9. The number of ether oxygens (including phenoxy) is 2. The van der Waals surface area contributed by atoms with Gasteiger partial charge in [-0.3, -0.25) is 14.9 Å². The molecule has 0 aromatic heterocycles. The summed E-state index contributed by atoms with van der Waals surface area (Å²) in [6.45, 7) is 10.9. The average Bonchev–Trinajstić information content (AvgIpc) is 2.85. The maximum atomic E-state index is 12.8. The third kappa shape index (κ3) is 8.58. The average molecular weight is 510 g/mol. The van der Waals surface area contributed by atoms with Crippen molar-refractivity contribution in [3.63, 3.8) is 0 Å². The fraction of sp³-hybridized carbons (Fsp3) is 0.581. The van der Waals surface area contributed by atoms with Crippen molar-refractivity contribution in [3.05, 3.63) is 52.1 Å². The van der Waals surface area contributed by atoms with Gasteiger partial charge in [-0.05, 0) is 85.3 Å². The molecule has 37 heavy (non-hydrogen) atoms. The van der Waals surface area contributed by atoms with E-state index >= 15 is 0 Å². The smallest absolute Gasteiger partial charge is 0.314 e. The van der Waals surface area contributed by atoms with Crippen LogP contribution in [-0.4, -0.2) is 17.5 Å². The van der Waals surface area contributed by atoms with E-state index in [1.807, 2.05) is 25.1 Å². The molecule has 0 unspecified atom stereocenters. The molecule has 6 nitrogen and oxygen atoms in total. The van der Waals surface area contributed by atoms with Gasteiger partial charge in [0, 0.05) is 6.07 Å². The number of nitro benzene ring substituents is 1. The Morgan fingerprint density at radius 3 is 2.24 bits per heavy atom. The Bertz CT molecular complexity index is 1060. The summed E-state index contributed by atoms with van der Waals surface area (Å²) < 4.78 is 11.5. The number of nitro groups is 1. The highest BCUT2D eigenvalue weighted by Crippen LogP contribution is 2.36. The van der Waals surface area contributed by atoms with Crippen LogP contribution < -0.4 is 9.47 Å². The molecule has 0 radical (unpaired) electrons. The molecule has 6 heteroatoms. The van der Waals surface area contributed by atoms with Crippen LogP contribution in [0.25, 0.3) is 11.1 Å². The molecule has 0 N–H and O–H groups in total. The van der Waals surface area contributed by atoms with E-state index in [0.29, 0.717) is 12.4 Å². The lowest BCUT2D eigenvalue weighted by molar-refractivity contribution is -0.385. The number of hydrogen-bond acceptors (Lipinski definition) is 5. The Labute approximate surface area is 221 Å². The summed E-state index contributed by atoms with van der Waals surface area (Å²) in [6.07, 6.45) is 9.92. The Hall–Kier alpha value is -2.89. The van der Waals surface area contributed by atoms with E-state index < -0.39 is 4.92 Å². The van der Waals surface area contributed by atoms with Gasteiger partial charge >= 0.3 is 11.7 Å². The van der Waals surface area contributed by atoms with E-state index in [-0.39, 0.29) is 28.7 Å². The van der Waals surface area contributed by atoms with Crippen LogP contribution in [0.4, 0.5) is 5.69 Å². The van der Waals surface area contributed by atoms with Crippen molar-refractivity contribution >= 4 is 11.7 Å². The molecular formula is C31H43NO5. The molecule has 0 spiro atoms. The molecule has 1 fully saturated rings. The van der Waals surface area contributed by atoms with E-state index in [4.69, 9.17) is 9.47 Å². The minimum Gasteiger partial charge on any atom is -0.487 e. The zero-order chi connectivity index (χ0) is 27.0. The summed E-state index contributed by atoms with van der Waals surface area (Å²) in [5, 5.41) is 11.7. The minimum atomic E-state index is -0.405. The lowest BCUT2D eigenvalue weighted by atomic mass is 9.80. The van der Waals surface area contributed by atoms with Crippen LogP contribution in [0.15, 0.2) is 36.4 Å². The summed E-state index contributed by atoms with van der Waals surface area (Å²) in [4.78, 5) is 24.1. The summed E-state index contributed by atoms with van der Waals surface area (Å²) in [5.41, 5.74) is 2.41. The molecule has 0 aliphatic heterocycles. The number of carbonyl (C=O) groups is 1. The number of rotatable bonds is 11. The van der Waals surface area contributed by atoms with Crippen molar-refractivity contribution in [1.82, 2.24) is 0 Å². The van der Waals surface area contributed by atoms with Crippen molar-refractivity contribution in [2.24, 2.45) is 17.3 Å².